The Morgan fingerprint density at radius 1 is 1.33 bits per heavy atom. The smallest absolute Gasteiger partial charge is 0.159 e. The molecular formula is C18H17NO2. The molecular weight excluding hydrogens is 262 g/mol. The molecule has 1 aliphatic carbocycles. The fraction of sp³-hybridized carbons (Fsp3) is 0.278. The molecule has 0 saturated carbocycles. The van der Waals surface area contributed by atoms with Gasteiger partial charge in [0.2, 0.25) is 0 Å². The summed E-state index contributed by atoms with van der Waals surface area (Å²) in [6.07, 6.45) is 7.27. The summed E-state index contributed by atoms with van der Waals surface area (Å²) < 4.78 is 5.61. The third-order valence-electron chi connectivity index (χ3n) is 4.62. The Morgan fingerprint density at radius 3 is 3.00 bits per heavy atom. The van der Waals surface area contributed by atoms with Crippen LogP contribution in [0.5, 0.6) is 0 Å². The number of ketones is 1. The second-order valence-electron chi connectivity index (χ2n) is 5.85. The fourth-order valence-corrected chi connectivity index (χ4v) is 3.56. The van der Waals surface area contributed by atoms with E-state index in [0.29, 0.717) is 11.8 Å². The number of rotatable bonds is 2. The lowest BCUT2D eigenvalue weighted by Crippen LogP contribution is -2.28. The van der Waals surface area contributed by atoms with Crippen molar-refractivity contribution in [3.8, 4) is 0 Å². The van der Waals surface area contributed by atoms with Crippen molar-refractivity contribution in [2.75, 3.05) is 5.32 Å². The van der Waals surface area contributed by atoms with Crippen molar-refractivity contribution >= 4 is 11.5 Å². The first-order valence-electron chi connectivity index (χ1n) is 7.35. The first-order chi connectivity index (χ1) is 10.2. The summed E-state index contributed by atoms with van der Waals surface area (Å²) in [7, 11) is 0. The van der Waals surface area contributed by atoms with Gasteiger partial charge in [-0.1, -0.05) is 12.2 Å². The highest BCUT2D eigenvalue weighted by Crippen LogP contribution is 2.49. The molecule has 3 nitrogen and oxygen atoms in total. The lowest BCUT2D eigenvalue weighted by molar-refractivity contribution is 0.101. The molecule has 0 saturated heterocycles. The number of hydrogen-bond donors (Lipinski definition) is 1. The van der Waals surface area contributed by atoms with Gasteiger partial charge in [0.15, 0.2) is 5.78 Å². The topological polar surface area (TPSA) is 42.2 Å². The Bertz CT molecular complexity index is 715. The molecule has 1 aliphatic heterocycles. The van der Waals surface area contributed by atoms with E-state index < -0.39 is 0 Å². The van der Waals surface area contributed by atoms with Crippen LogP contribution in [-0.2, 0) is 0 Å². The Balaban J connectivity index is 1.80. The largest absolute Gasteiger partial charge is 0.467 e. The first-order valence-corrected chi connectivity index (χ1v) is 7.35. The maximum absolute atomic E-state index is 11.6. The highest BCUT2D eigenvalue weighted by molar-refractivity contribution is 5.95. The predicted molar refractivity (Wildman–Crippen MR) is 81.5 cm³/mol. The molecule has 21 heavy (non-hydrogen) atoms. The molecule has 0 amide bonds. The molecule has 0 radical (unpaired) electrons. The lowest BCUT2D eigenvalue weighted by atomic mass is 9.78. The van der Waals surface area contributed by atoms with E-state index in [0.717, 1.165) is 23.4 Å². The molecule has 4 rings (SSSR count). The minimum atomic E-state index is 0.115. The van der Waals surface area contributed by atoms with Crippen molar-refractivity contribution in [1.29, 1.82) is 0 Å². The van der Waals surface area contributed by atoms with Crippen LogP contribution < -0.4 is 5.32 Å². The number of nitrogens with one attached hydrogen (secondary N) is 1. The molecule has 0 spiro atoms. The van der Waals surface area contributed by atoms with E-state index >= 15 is 0 Å². The van der Waals surface area contributed by atoms with Gasteiger partial charge >= 0.3 is 0 Å². The van der Waals surface area contributed by atoms with Crippen LogP contribution in [0.3, 0.4) is 0 Å². The number of furan rings is 1. The molecule has 0 unspecified atom stereocenters. The second-order valence-corrected chi connectivity index (χ2v) is 5.85. The van der Waals surface area contributed by atoms with E-state index in [4.69, 9.17) is 4.42 Å². The molecule has 1 aromatic heterocycles. The van der Waals surface area contributed by atoms with E-state index in [9.17, 15) is 4.79 Å². The van der Waals surface area contributed by atoms with Crippen molar-refractivity contribution in [1.82, 2.24) is 0 Å². The number of Topliss-reactive ketones (excluding diaryl/α,β-unsaturated/α-hetero) is 1. The average molecular weight is 279 g/mol. The monoisotopic (exact) mass is 279 g/mol. The third kappa shape index (κ3) is 1.92. The maximum Gasteiger partial charge on any atom is 0.159 e. The molecule has 3 heteroatoms. The molecule has 106 valence electrons. The van der Waals surface area contributed by atoms with E-state index in [1.54, 1.807) is 13.2 Å². The van der Waals surface area contributed by atoms with E-state index in [2.05, 4.69) is 17.5 Å². The van der Waals surface area contributed by atoms with Crippen LogP contribution in [-0.4, -0.2) is 5.78 Å². The zero-order valence-electron chi connectivity index (χ0n) is 11.9. The van der Waals surface area contributed by atoms with Gasteiger partial charge in [-0.15, -0.1) is 0 Å². The number of allylic oxidation sites excluding steroid dienone is 2. The zero-order valence-corrected chi connectivity index (χ0v) is 11.9. The zero-order chi connectivity index (χ0) is 14.4. The van der Waals surface area contributed by atoms with Gasteiger partial charge in [0.1, 0.15) is 5.76 Å². The molecule has 0 fully saturated rings. The van der Waals surface area contributed by atoms with Crippen LogP contribution in [0, 0.1) is 5.92 Å². The van der Waals surface area contributed by atoms with Crippen molar-refractivity contribution < 1.29 is 9.21 Å². The van der Waals surface area contributed by atoms with Gasteiger partial charge in [-0.3, -0.25) is 4.79 Å². The number of fused-ring (bicyclic) bond motifs is 3. The second kappa shape index (κ2) is 4.62. The van der Waals surface area contributed by atoms with Crippen molar-refractivity contribution in [2.45, 2.75) is 25.3 Å². The Morgan fingerprint density at radius 2 is 2.24 bits per heavy atom. The van der Waals surface area contributed by atoms with Gasteiger partial charge < -0.3 is 9.73 Å². The molecule has 3 atom stereocenters. The normalized spacial score (nSPS) is 26.0. The number of carbonyl (C=O) groups excluding carboxylic acids is 1. The third-order valence-corrected chi connectivity index (χ3v) is 4.62. The Kier molecular flexibility index (Phi) is 2.74. The highest BCUT2D eigenvalue weighted by Gasteiger charge is 2.39. The Hall–Kier alpha value is -2.29. The molecule has 1 N–H and O–H groups in total. The first kappa shape index (κ1) is 12.5. The van der Waals surface area contributed by atoms with Crippen molar-refractivity contribution in [3.63, 3.8) is 0 Å². The standard InChI is InChI=1S/C18H17NO2/c1-11(20)12-7-8-16-15(10-12)13-4-2-5-14(13)18(19-16)17-6-3-9-21-17/h2-4,6-10,13-14,18-19H,5H2,1H3/t13-,14+,18-/m1/s1. The van der Waals surface area contributed by atoms with Crippen LogP contribution in [0.25, 0.3) is 0 Å². The van der Waals surface area contributed by atoms with E-state index in [1.807, 2.05) is 30.3 Å². The number of anilines is 1. The lowest BCUT2D eigenvalue weighted by Gasteiger charge is -2.36. The van der Waals surface area contributed by atoms with Crippen LogP contribution in [0.2, 0.25) is 0 Å². The van der Waals surface area contributed by atoms with Gasteiger partial charge in [0.25, 0.3) is 0 Å². The molecule has 1 aromatic carbocycles. The quantitative estimate of drug-likeness (QED) is 0.658. The summed E-state index contributed by atoms with van der Waals surface area (Å²) in [5.41, 5.74) is 3.12. The summed E-state index contributed by atoms with van der Waals surface area (Å²) in [5, 5.41) is 3.59. The predicted octanol–water partition coefficient (Wildman–Crippen LogP) is 4.31. The minimum absolute atomic E-state index is 0.115. The summed E-state index contributed by atoms with van der Waals surface area (Å²) in [5.74, 6) is 1.90. The van der Waals surface area contributed by atoms with Crippen molar-refractivity contribution in [2.24, 2.45) is 5.92 Å². The maximum atomic E-state index is 11.6. The number of benzene rings is 1. The van der Waals surface area contributed by atoms with Crippen LogP contribution >= 0.6 is 0 Å². The molecule has 2 aromatic rings. The fourth-order valence-electron chi connectivity index (χ4n) is 3.56. The van der Waals surface area contributed by atoms with Gasteiger partial charge in [-0.05, 0) is 49.2 Å². The van der Waals surface area contributed by atoms with Crippen molar-refractivity contribution in [3.05, 3.63) is 65.6 Å². The summed E-state index contributed by atoms with van der Waals surface area (Å²) >= 11 is 0. The summed E-state index contributed by atoms with van der Waals surface area (Å²) in [6, 6.07) is 10.1. The number of carbonyl (C=O) groups is 1. The molecule has 2 heterocycles. The minimum Gasteiger partial charge on any atom is -0.467 e. The van der Waals surface area contributed by atoms with Crippen LogP contribution in [0.4, 0.5) is 5.69 Å². The van der Waals surface area contributed by atoms with Crippen LogP contribution in [0.15, 0.2) is 53.2 Å². The van der Waals surface area contributed by atoms with Gasteiger partial charge in [0.05, 0.1) is 12.3 Å². The Labute approximate surface area is 123 Å². The molecule has 0 bridgehead atoms. The summed E-state index contributed by atoms with van der Waals surface area (Å²) in [6.45, 7) is 1.62. The number of hydrogen-bond acceptors (Lipinski definition) is 3. The van der Waals surface area contributed by atoms with E-state index in [-0.39, 0.29) is 11.8 Å². The van der Waals surface area contributed by atoms with Crippen LogP contribution in [0.1, 0.15) is 47.0 Å². The van der Waals surface area contributed by atoms with E-state index in [1.165, 1.54) is 5.56 Å². The SMILES string of the molecule is CC(=O)c1ccc2c(c1)[C@@H]1C=CC[C@@H]1[C@H](c1ccco1)N2. The van der Waals surface area contributed by atoms with Gasteiger partial charge in [-0.2, -0.15) is 0 Å². The average Bonchev–Trinajstić information content (AvgIpc) is 3.17. The highest BCUT2D eigenvalue weighted by atomic mass is 16.3. The van der Waals surface area contributed by atoms with Gasteiger partial charge in [-0.25, -0.2) is 0 Å². The van der Waals surface area contributed by atoms with Gasteiger partial charge in [0, 0.05) is 23.1 Å². The summed E-state index contributed by atoms with van der Waals surface area (Å²) in [4.78, 5) is 11.6. The molecule has 2 aliphatic rings.